The van der Waals surface area contributed by atoms with Gasteiger partial charge in [0.05, 0.1) is 19.3 Å². The van der Waals surface area contributed by atoms with Crippen LogP contribution in [-0.2, 0) is 14.3 Å². The van der Waals surface area contributed by atoms with Crippen molar-refractivity contribution in [3.8, 4) is 0 Å². The molecule has 0 saturated carbocycles. The van der Waals surface area contributed by atoms with Crippen molar-refractivity contribution in [1.29, 1.82) is 0 Å². The molecular weight excluding hydrogens is 326 g/mol. The molecule has 0 aliphatic heterocycles. The van der Waals surface area contributed by atoms with Gasteiger partial charge in [0.25, 0.3) is 0 Å². The summed E-state index contributed by atoms with van der Waals surface area (Å²) in [5.41, 5.74) is 9.78. The highest BCUT2D eigenvalue weighted by Crippen LogP contribution is 2.04. The number of hydroxylamine groups is 1. The number of carbonyl (C=O) groups excluding carboxylic acids is 1. The van der Waals surface area contributed by atoms with Crippen molar-refractivity contribution in [2.75, 3.05) is 48.0 Å². The fraction of sp³-hybridized carbons (Fsp3) is 0.625. The molecule has 0 heterocycles. The topological polar surface area (TPSA) is 110 Å². The highest BCUT2D eigenvalue weighted by Gasteiger charge is 2.21. The summed E-state index contributed by atoms with van der Waals surface area (Å²) in [6.45, 7) is 4.70. The molecule has 0 radical (unpaired) electrons. The van der Waals surface area contributed by atoms with Crippen molar-refractivity contribution in [2.24, 2.45) is 10.7 Å². The lowest BCUT2D eigenvalue weighted by atomic mass is 10.2. The fourth-order valence-corrected chi connectivity index (χ4v) is 1.91. The lowest BCUT2D eigenvalue weighted by molar-refractivity contribution is 0.0734. The number of methoxy groups -OCH3 is 1. The Morgan fingerprint density at radius 1 is 1.44 bits per heavy atom. The zero-order valence-electron chi connectivity index (χ0n) is 16.0. The lowest BCUT2D eigenvalue weighted by Gasteiger charge is -2.27. The normalized spacial score (nSPS) is 14.1. The largest absolute Gasteiger partial charge is 0.450 e. The molecule has 9 nitrogen and oxygen atoms in total. The summed E-state index contributed by atoms with van der Waals surface area (Å²) in [6.07, 6.45) is 2.66. The average Bonchev–Trinajstić information content (AvgIpc) is 2.60. The number of hydrogen-bond acceptors (Lipinski definition) is 7. The predicted octanol–water partition coefficient (Wildman–Crippen LogP) is 0.605. The van der Waals surface area contributed by atoms with Crippen molar-refractivity contribution in [1.82, 2.24) is 15.7 Å². The zero-order chi connectivity index (χ0) is 19.2. The molecule has 0 fully saturated rings. The maximum Gasteiger partial charge on any atom is 0.409 e. The van der Waals surface area contributed by atoms with Gasteiger partial charge in [0.15, 0.2) is 0 Å². The van der Waals surface area contributed by atoms with Crippen LogP contribution in [0.1, 0.15) is 13.8 Å². The highest BCUT2D eigenvalue weighted by molar-refractivity contribution is 5.98. The number of allylic oxidation sites excluding steroid dienone is 1. The van der Waals surface area contributed by atoms with E-state index in [1.165, 1.54) is 11.2 Å². The summed E-state index contributed by atoms with van der Waals surface area (Å²) in [4.78, 5) is 22.5. The van der Waals surface area contributed by atoms with Crippen LogP contribution in [0.15, 0.2) is 28.6 Å². The number of amides is 1. The van der Waals surface area contributed by atoms with Gasteiger partial charge in [-0.1, -0.05) is 0 Å². The standard InChI is InChI=1S/C16H31N5O4/c1-7-24-16(22)21(5)13(11-23-6)10-20-15(18-3)12(2)14(17)8-9-25-19-4/h8-9,13,19H,7,10-11,17H2,1-6H3,(H,18,20)/b9-8+,14-12-/t13-/m1/s1. The van der Waals surface area contributed by atoms with E-state index in [0.717, 1.165) is 5.57 Å². The van der Waals surface area contributed by atoms with Gasteiger partial charge >= 0.3 is 6.09 Å². The molecule has 4 N–H and O–H groups in total. The third-order valence-corrected chi connectivity index (χ3v) is 3.41. The molecule has 144 valence electrons. The van der Waals surface area contributed by atoms with E-state index in [9.17, 15) is 4.79 Å². The molecule has 1 atom stereocenters. The van der Waals surface area contributed by atoms with Crippen molar-refractivity contribution in [3.63, 3.8) is 0 Å². The minimum atomic E-state index is -0.403. The second-order valence-corrected chi connectivity index (χ2v) is 5.08. The highest BCUT2D eigenvalue weighted by atomic mass is 16.6. The summed E-state index contributed by atoms with van der Waals surface area (Å²) in [7, 11) is 6.55. The summed E-state index contributed by atoms with van der Waals surface area (Å²) in [5.74, 6) is 0.616. The Balaban J connectivity index is 4.99. The molecule has 0 aromatic rings. The number of aliphatic imine (C=N–C) groups is 1. The summed E-state index contributed by atoms with van der Waals surface area (Å²) in [6, 6.07) is -0.224. The Kier molecular flexibility index (Phi) is 11.9. The second-order valence-electron chi connectivity index (χ2n) is 5.08. The number of amidine groups is 1. The molecule has 0 aliphatic rings. The predicted molar refractivity (Wildman–Crippen MR) is 98.0 cm³/mol. The van der Waals surface area contributed by atoms with Crippen molar-refractivity contribution >= 4 is 11.9 Å². The molecule has 0 rings (SSSR count). The number of likely N-dealkylation sites (N-methyl/N-ethyl adjacent to an activating group) is 1. The smallest absolute Gasteiger partial charge is 0.409 e. The van der Waals surface area contributed by atoms with Gasteiger partial charge in [-0.05, 0) is 19.9 Å². The molecular formula is C16H31N5O4. The van der Waals surface area contributed by atoms with Crippen LogP contribution in [0.4, 0.5) is 4.79 Å². The van der Waals surface area contributed by atoms with Crippen LogP contribution in [0.5, 0.6) is 0 Å². The third-order valence-electron chi connectivity index (χ3n) is 3.41. The van der Waals surface area contributed by atoms with Gasteiger partial charge in [0.2, 0.25) is 0 Å². The SMILES string of the molecule is CCOC(=O)N(C)[C@H](CNC(=N/C)/C(C)=C(N)/C=C/ONC)COC. The third kappa shape index (κ3) is 8.41. The van der Waals surface area contributed by atoms with E-state index in [1.807, 2.05) is 6.92 Å². The first-order chi connectivity index (χ1) is 11.9. The Bertz CT molecular complexity index is 491. The van der Waals surface area contributed by atoms with Gasteiger partial charge < -0.3 is 30.3 Å². The molecule has 25 heavy (non-hydrogen) atoms. The van der Waals surface area contributed by atoms with Crippen LogP contribution in [-0.4, -0.2) is 70.9 Å². The minimum Gasteiger partial charge on any atom is -0.450 e. The van der Waals surface area contributed by atoms with Crippen molar-refractivity contribution in [2.45, 2.75) is 19.9 Å². The summed E-state index contributed by atoms with van der Waals surface area (Å²) >= 11 is 0. The van der Waals surface area contributed by atoms with E-state index in [1.54, 1.807) is 41.3 Å². The van der Waals surface area contributed by atoms with Crippen molar-refractivity contribution < 1.29 is 19.1 Å². The van der Waals surface area contributed by atoms with Crippen LogP contribution >= 0.6 is 0 Å². The van der Waals surface area contributed by atoms with Gasteiger partial charge in [-0.25, -0.2) is 4.79 Å². The second kappa shape index (κ2) is 13.1. The Morgan fingerprint density at radius 2 is 2.12 bits per heavy atom. The molecule has 0 aromatic heterocycles. The first-order valence-corrected chi connectivity index (χ1v) is 7.97. The fourth-order valence-electron chi connectivity index (χ4n) is 1.91. The molecule has 1 amide bonds. The Hall–Kier alpha value is -2.26. The molecule has 9 heteroatoms. The zero-order valence-corrected chi connectivity index (χ0v) is 16.0. The van der Waals surface area contributed by atoms with Gasteiger partial charge in [0, 0.05) is 46.1 Å². The van der Waals surface area contributed by atoms with E-state index < -0.39 is 6.09 Å². The van der Waals surface area contributed by atoms with E-state index >= 15 is 0 Å². The van der Waals surface area contributed by atoms with Crippen LogP contribution < -0.4 is 16.5 Å². The van der Waals surface area contributed by atoms with Gasteiger partial charge in [0.1, 0.15) is 12.1 Å². The van der Waals surface area contributed by atoms with Gasteiger partial charge in [-0.3, -0.25) is 4.99 Å². The van der Waals surface area contributed by atoms with Gasteiger partial charge in [-0.15, -0.1) is 0 Å². The first kappa shape index (κ1) is 22.7. The Morgan fingerprint density at radius 3 is 2.64 bits per heavy atom. The van der Waals surface area contributed by atoms with Crippen molar-refractivity contribution in [3.05, 3.63) is 23.6 Å². The quantitative estimate of drug-likeness (QED) is 0.173. The minimum absolute atomic E-state index is 0.224. The number of nitrogens with one attached hydrogen (secondary N) is 2. The lowest BCUT2D eigenvalue weighted by Crippen LogP contribution is -2.47. The molecule has 0 unspecified atom stereocenters. The van der Waals surface area contributed by atoms with Crippen LogP contribution in [0.2, 0.25) is 0 Å². The van der Waals surface area contributed by atoms with E-state index in [0.29, 0.717) is 31.3 Å². The molecule has 0 aromatic carbocycles. The first-order valence-electron chi connectivity index (χ1n) is 7.97. The van der Waals surface area contributed by atoms with Crippen LogP contribution in [0.3, 0.4) is 0 Å². The van der Waals surface area contributed by atoms with Crippen LogP contribution in [0, 0.1) is 0 Å². The van der Waals surface area contributed by atoms with E-state index in [2.05, 4.69) is 15.8 Å². The number of hydrogen-bond donors (Lipinski definition) is 3. The maximum atomic E-state index is 11.9. The van der Waals surface area contributed by atoms with Gasteiger partial charge in [-0.2, -0.15) is 5.48 Å². The number of nitrogens with zero attached hydrogens (tertiary/aromatic N) is 2. The number of rotatable bonds is 10. The average molecular weight is 357 g/mol. The van der Waals surface area contributed by atoms with Crippen LogP contribution in [0.25, 0.3) is 0 Å². The Labute approximate surface area is 149 Å². The number of carbonyl (C=O) groups is 1. The summed E-state index contributed by atoms with van der Waals surface area (Å²) < 4.78 is 10.2. The number of nitrogens with two attached hydrogens (primary N) is 1. The maximum absolute atomic E-state index is 11.9. The molecule has 0 aliphatic carbocycles. The summed E-state index contributed by atoms with van der Waals surface area (Å²) in [5, 5.41) is 3.20. The van der Waals surface area contributed by atoms with E-state index in [4.69, 9.17) is 20.0 Å². The molecule has 0 saturated heterocycles. The van der Waals surface area contributed by atoms with E-state index in [-0.39, 0.29) is 6.04 Å². The monoisotopic (exact) mass is 357 g/mol. The number of ether oxygens (including phenoxy) is 2. The molecule has 0 spiro atoms. The molecule has 0 bridgehead atoms.